The van der Waals surface area contributed by atoms with Crippen molar-refractivity contribution in [3.63, 3.8) is 0 Å². The van der Waals surface area contributed by atoms with Crippen LogP contribution >= 0.6 is 11.8 Å². The van der Waals surface area contributed by atoms with E-state index in [9.17, 15) is 9.90 Å². The van der Waals surface area contributed by atoms with Crippen LogP contribution in [0.5, 0.6) is 5.75 Å². The van der Waals surface area contributed by atoms with Gasteiger partial charge in [-0.05, 0) is 29.3 Å². The summed E-state index contributed by atoms with van der Waals surface area (Å²) in [6.45, 7) is 0.558. The van der Waals surface area contributed by atoms with Gasteiger partial charge in [-0.1, -0.05) is 30.3 Å². The first kappa shape index (κ1) is 14.0. The number of phenols is 1. The minimum Gasteiger partial charge on any atom is -0.508 e. The molecule has 1 atom stereocenters. The number of nitrogens with zero attached hydrogens (tertiary/aromatic N) is 1. The predicted molar refractivity (Wildman–Crippen MR) is 84.5 cm³/mol. The number of rotatable bonds is 3. The number of likely N-dealkylation sites (N-methyl/N-ethyl adjacent to an activating group) is 1. The number of aromatic hydroxyl groups is 1. The van der Waals surface area contributed by atoms with E-state index in [1.807, 2.05) is 37.4 Å². The Balaban J connectivity index is 1.72. The topological polar surface area (TPSA) is 40.5 Å². The molecule has 1 unspecified atom stereocenters. The second kappa shape index (κ2) is 5.82. The lowest BCUT2D eigenvalue weighted by Gasteiger charge is -2.21. The Kier molecular flexibility index (Phi) is 3.88. The van der Waals surface area contributed by atoms with Gasteiger partial charge in [0.15, 0.2) is 0 Å². The fraction of sp³-hybridized carbons (Fsp3) is 0.235. The molecule has 0 fully saturated rings. The van der Waals surface area contributed by atoms with Crippen LogP contribution in [0.15, 0.2) is 53.4 Å². The Morgan fingerprint density at radius 3 is 2.71 bits per heavy atom. The van der Waals surface area contributed by atoms with E-state index in [0.29, 0.717) is 6.54 Å². The number of hydrogen-bond acceptors (Lipinski definition) is 3. The molecule has 0 radical (unpaired) electrons. The van der Waals surface area contributed by atoms with Crippen LogP contribution in [0.25, 0.3) is 0 Å². The molecule has 1 amide bonds. The van der Waals surface area contributed by atoms with Crippen molar-refractivity contribution >= 4 is 17.7 Å². The number of benzene rings is 2. The van der Waals surface area contributed by atoms with Crippen LogP contribution < -0.4 is 0 Å². The third-order valence-corrected chi connectivity index (χ3v) is 4.91. The first-order valence-electron chi connectivity index (χ1n) is 6.90. The van der Waals surface area contributed by atoms with E-state index in [-0.39, 0.29) is 17.6 Å². The van der Waals surface area contributed by atoms with Crippen molar-refractivity contribution in [3.05, 3.63) is 59.7 Å². The summed E-state index contributed by atoms with van der Waals surface area (Å²) < 4.78 is 0. The van der Waals surface area contributed by atoms with Crippen LogP contribution in [0.1, 0.15) is 17.0 Å². The molecular weight excluding hydrogens is 282 g/mol. The van der Waals surface area contributed by atoms with Crippen molar-refractivity contribution in [1.82, 2.24) is 4.90 Å². The molecule has 108 valence electrons. The zero-order valence-corrected chi connectivity index (χ0v) is 12.6. The zero-order valence-electron chi connectivity index (χ0n) is 11.8. The van der Waals surface area contributed by atoms with Crippen LogP contribution in [0.2, 0.25) is 0 Å². The lowest BCUT2D eigenvalue weighted by molar-refractivity contribution is -0.131. The summed E-state index contributed by atoms with van der Waals surface area (Å²) >= 11 is 1.75. The molecule has 2 aromatic rings. The van der Waals surface area contributed by atoms with Gasteiger partial charge in [-0.3, -0.25) is 4.79 Å². The minimum absolute atomic E-state index is 0.0479. The molecule has 1 N–H and O–H groups in total. The van der Waals surface area contributed by atoms with Gasteiger partial charge in [-0.25, -0.2) is 0 Å². The molecule has 1 heterocycles. The van der Waals surface area contributed by atoms with E-state index in [0.717, 1.165) is 16.9 Å². The number of thioether (sulfide) groups is 1. The molecule has 0 saturated heterocycles. The highest BCUT2D eigenvalue weighted by molar-refractivity contribution is 7.99. The SMILES string of the molecule is CN(Cc1ccc(O)cc1)C(=O)C1CSc2ccccc21. The maximum absolute atomic E-state index is 12.6. The van der Waals surface area contributed by atoms with Crippen LogP contribution in [0.3, 0.4) is 0 Å². The average Bonchev–Trinajstić information content (AvgIpc) is 2.92. The quantitative estimate of drug-likeness (QED) is 0.946. The third-order valence-electron chi connectivity index (χ3n) is 3.73. The molecule has 0 bridgehead atoms. The van der Waals surface area contributed by atoms with Crippen LogP contribution in [0.4, 0.5) is 0 Å². The van der Waals surface area contributed by atoms with E-state index in [2.05, 4.69) is 6.07 Å². The summed E-state index contributed by atoms with van der Waals surface area (Å²) in [5.41, 5.74) is 2.16. The van der Waals surface area contributed by atoms with Crippen LogP contribution in [-0.4, -0.2) is 28.7 Å². The van der Waals surface area contributed by atoms with Crippen molar-refractivity contribution in [3.8, 4) is 5.75 Å². The molecule has 3 rings (SSSR count). The molecule has 0 aromatic heterocycles. The molecule has 21 heavy (non-hydrogen) atoms. The monoisotopic (exact) mass is 299 g/mol. The molecular formula is C17H17NO2S. The van der Waals surface area contributed by atoms with Gasteiger partial charge in [0.05, 0.1) is 5.92 Å². The Hall–Kier alpha value is -1.94. The van der Waals surface area contributed by atoms with Gasteiger partial charge >= 0.3 is 0 Å². The van der Waals surface area contributed by atoms with Gasteiger partial charge in [0.2, 0.25) is 5.91 Å². The van der Waals surface area contributed by atoms with E-state index in [1.165, 1.54) is 4.90 Å². The van der Waals surface area contributed by atoms with Gasteiger partial charge in [0.1, 0.15) is 5.75 Å². The van der Waals surface area contributed by atoms with Gasteiger partial charge in [-0.2, -0.15) is 0 Å². The second-order valence-electron chi connectivity index (χ2n) is 5.26. The first-order valence-corrected chi connectivity index (χ1v) is 7.88. The molecule has 1 aliphatic heterocycles. The van der Waals surface area contributed by atoms with E-state index < -0.39 is 0 Å². The van der Waals surface area contributed by atoms with Crippen molar-refractivity contribution in [2.75, 3.05) is 12.8 Å². The maximum atomic E-state index is 12.6. The van der Waals surface area contributed by atoms with Crippen LogP contribution in [-0.2, 0) is 11.3 Å². The zero-order chi connectivity index (χ0) is 14.8. The van der Waals surface area contributed by atoms with Gasteiger partial charge in [0.25, 0.3) is 0 Å². The molecule has 0 saturated carbocycles. The summed E-state index contributed by atoms with van der Waals surface area (Å²) in [6, 6.07) is 15.1. The summed E-state index contributed by atoms with van der Waals surface area (Å²) in [5, 5.41) is 9.30. The number of fused-ring (bicyclic) bond motifs is 1. The molecule has 0 aliphatic carbocycles. The molecule has 4 heteroatoms. The number of carbonyl (C=O) groups is 1. The Bertz CT molecular complexity index is 654. The fourth-order valence-electron chi connectivity index (χ4n) is 2.59. The van der Waals surface area contributed by atoms with E-state index in [1.54, 1.807) is 28.8 Å². The summed E-state index contributed by atoms with van der Waals surface area (Å²) in [6.07, 6.45) is 0. The minimum atomic E-state index is -0.0479. The third kappa shape index (κ3) is 2.90. The van der Waals surface area contributed by atoms with Crippen molar-refractivity contribution in [2.24, 2.45) is 0 Å². The van der Waals surface area contributed by atoms with E-state index in [4.69, 9.17) is 0 Å². The maximum Gasteiger partial charge on any atom is 0.231 e. The summed E-state index contributed by atoms with van der Waals surface area (Å²) in [5.74, 6) is 1.17. The fourth-order valence-corrected chi connectivity index (χ4v) is 3.81. The molecule has 3 nitrogen and oxygen atoms in total. The van der Waals surface area contributed by atoms with E-state index >= 15 is 0 Å². The van der Waals surface area contributed by atoms with Gasteiger partial charge < -0.3 is 10.0 Å². The normalized spacial score (nSPS) is 16.5. The standard InChI is InChI=1S/C17H17NO2S/c1-18(10-12-6-8-13(19)9-7-12)17(20)15-11-21-16-5-3-2-4-14(15)16/h2-9,15,19H,10-11H2,1H3. The number of amides is 1. The number of phenolic OH excluding ortho intramolecular Hbond substituents is 1. The Morgan fingerprint density at radius 2 is 1.95 bits per heavy atom. The number of hydrogen-bond donors (Lipinski definition) is 1. The van der Waals surface area contributed by atoms with Gasteiger partial charge in [0, 0.05) is 24.2 Å². The molecule has 2 aromatic carbocycles. The Morgan fingerprint density at radius 1 is 1.24 bits per heavy atom. The van der Waals surface area contributed by atoms with Crippen molar-refractivity contribution < 1.29 is 9.90 Å². The van der Waals surface area contributed by atoms with Crippen molar-refractivity contribution in [2.45, 2.75) is 17.4 Å². The lowest BCUT2D eigenvalue weighted by Crippen LogP contribution is -2.31. The summed E-state index contributed by atoms with van der Waals surface area (Å²) in [7, 11) is 1.83. The molecule has 1 aliphatic rings. The molecule has 0 spiro atoms. The largest absolute Gasteiger partial charge is 0.508 e. The lowest BCUT2D eigenvalue weighted by atomic mass is 10.00. The predicted octanol–water partition coefficient (Wildman–Crippen LogP) is 3.24. The van der Waals surface area contributed by atoms with Crippen LogP contribution in [0, 0.1) is 0 Å². The summed E-state index contributed by atoms with van der Waals surface area (Å²) in [4.78, 5) is 15.6. The highest BCUT2D eigenvalue weighted by Gasteiger charge is 2.30. The van der Waals surface area contributed by atoms with Gasteiger partial charge in [-0.15, -0.1) is 11.8 Å². The highest BCUT2D eigenvalue weighted by atomic mass is 32.2. The average molecular weight is 299 g/mol. The second-order valence-corrected chi connectivity index (χ2v) is 6.32. The first-order chi connectivity index (χ1) is 10.1. The highest BCUT2D eigenvalue weighted by Crippen LogP contribution is 2.40. The smallest absolute Gasteiger partial charge is 0.231 e. The Labute approximate surface area is 128 Å². The number of carbonyl (C=O) groups excluding carboxylic acids is 1. The van der Waals surface area contributed by atoms with Crippen molar-refractivity contribution in [1.29, 1.82) is 0 Å².